The molecular formula is C4H4ClN. The minimum absolute atomic E-state index is 0.620. The van der Waals surface area contributed by atoms with Crippen LogP contribution in [0.5, 0.6) is 0 Å². The van der Waals surface area contributed by atoms with Gasteiger partial charge < -0.3 is 0 Å². The van der Waals surface area contributed by atoms with Gasteiger partial charge in [0.25, 0.3) is 0 Å². The zero-order chi connectivity index (χ0) is 4.41. The minimum atomic E-state index is 0.620. The number of aliphatic imine (C=N–C) groups is 1. The highest BCUT2D eigenvalue weighted by atomic mass is 35.5. The second-order valence-electron chi connectivity index (χ2n) is 1.07. The average Bonchev–Trinajstić information content (AvgIpc) is 1.86. The highest BCUT2D eigenvalue weighted by molar-refractivity contribution is 6.30. The van der Waals surface area contributed by atoms with E-state index in [4.69, 9.17) is 11.6 Å². The number of hydrogen-bond donors (Lipinski definition) is 0. The van der Waals surface area contributed by atoms with Crippen LogP contribution in [0, 0.1) is 0 Å². The van der Waals surface area contributed by atoms with E-state index in [9.17, 15) is 0 Å². The van der Waals surface area contributed by atoms with Crippen molar-refractivity contribution in [3.63, 3.8) is 0 Å². The molecule has 0 aromatic heterocycles. The summed E-state index contributed by atoms with van der Waals surface area (Å²) in [5.41, 5.74) is 0. The van der Waals surface area contributed by atoms with E-state index in [0.29, 0.717) is 5.16 Å². The predicted molar refractivity (Wildman–Crippen MR) is 27.0 cm³/mol. The summed E-state index contributed by atoms with van der Waals surface area (Å²) in [6.07, 6.45) is 4.54. The van der Waals surface area contributed by atoms with Crippen LogP contribution < -0.4 is 0 Å². The summed E-state index contributed by atoms with van der Waals surface area (Å²) in [6, 6.07) is 0. The molecule has 6 heavy (non-hydrogen) atoms. The van der Waals surface area contributed by atoms with Crippen molar-refractivity contribution < 1.29 is 0 Å². The SMILES string of the molecule is ClC1=CCC=N1. The van der Waals surface area contributed by atoms with Crippen molar-refractivity contribution in [2.24, 2.45) is 4.99 Å². The number of hydrogen-bond acceptors (Lipinski definition) is 1. The van der Waals surface area contributed by atoms with Crippen molar-refractivity contribution in [2.45, 2.75) is 6.42 Å². The summed E-state index contributed by atoms with van der Waals surface area (Å²) in [5.74, 6) is 0. The molecule has 1 rings (SSSR count). The number of rotatable bonds is 0. The van der Waals surface area contributed by atoms with Crippen LogP contribution >= 0.6 is 11.6 Å². The molecule has 0 amide bonds. The molecule has 32 valence electrons. The van der Waals surface area contributed by atoms with Gasteiger partial charge in [-0.15, -0.1) is 0 Å². The van der Waals surface area contributed by atoms with Gasteiger partial charge in [-0.1, -0.05) is 11.6 Å². The quantitative estimate of drug-likeness (QED) is 0.411. The molecule has 0 fully saturated rings. The molecule has 0 saturated carbocycles. The first-order valence-electron chi connectivity index (χ1n) is 1.78. The summed E-state index contributed by atoms with van der Waals surface area (Å²) >= 11 is 5.38. The Kier molecular flexibility index (Phi) is 0.926. The second kappa shape index (κ2) is 1.43. The highest BCUT2D eigenvalue weighted by Crippen LogP contribution is 2.07. The molecule has 1 nitrogen and oxygen atoms in total. The van der Waals surface area contributed by atoms with Crippen molar-refractivity contribution in [1.82, 2.24) is 0 Å². The fraction of sp³-hybridized carbons (Fsp3) is 0.250. The first kappa shape index (κ1) is 3.88. The Morgan fingerprint density at radius 2 is 2.67 bits per heavy atom. The maximum absolute atomic E-state index is 5.38. The Bertz CT molecular complexity index is 101. The van der Waals surface area contributed by atoms with E-state index in [0.717, 1.165) is 6.42 Å². The first-order valence-corrected chi connectivity index (χ1v) is 2.15. The molecule has 0 atom stereocenters. The van der Waals surface area contributed by atoms with Crippen LogP contribution in [0.3, 0.4) is 0 Å². The zero-order valence-corrected chi connectivity index (χ0v) is 3.94. The number of allylic oxidation sites excluding steroid dienone is 1. The van der Waals surface area contributed by atoms with Gasteiger partial charge in [-0.25, -0.2) is 4.99 Å². The van der Waals surface area contributed by atoms with Crippen LogP contribution in [0.1, 0.15) is 6.42 Å². The molecule has 1 aliphatic rings. The summed E-state index contributed by atoms with van der Waals surface area (Å²) in [4.78, 5) is 3.74. The van der Waals surface area contributed by atoms with Crippen LogP contribution in [-0.4, -0.2) is 6.21 Å². The lowest BCUT2D eigenvalue weighted by Crippen LogP contribution is -1.52. The molecule has 0 aromatic rings. The molecule has 2 heteroatoms. The van der Waals surface area contributed by atoms with Gasteiger partial charge in [0.1, 0.15) is 5.16 Å². The minimum Gasteiger partial charge on any atom is -0.249 e. The molecule has 1 heterocycles. The maximum Gasteiger partial charge on any atom is 0.125 e. The highest BCUT2D eigenvalue weighted by Gasteiger charge is 1.88. The lowest BCUT2D eigenvalue weighted by Gasteiger charge is -1.68. The predicted octanol–water partition coefficient (Wildman–Crippen LogP) is 1.54. The van der Waals surface area contributed by atoms with Gasteiger partial charge in [-0.2, -0.15) is 0 Å². The van der Waals surface area contributed by atoms with Crippen LogP contribution in [0.25, 0.3) is 0 Å². The van der Waals surface area contributed by atoms with Gasteiger partial charge in [0, 0.05) is 12.6 Å². The van der Waals surface area contributed by atoms with Crippen molar-refractivity contribution >= 4 is 17.8 Å². The van der Waals surface area contributed by atoms with E-state index in [2.05, 4.69) is 4.99 Å². The van der Waals surface area contributed by atoms with E-state index in [1.54, 1.807) is 6.21 Å². The monoisotopic (exact) mass is 101 g/mol. The normalized spacial score (nSPS) is 18.5. The van der Waals surface area contributed by atoms with Gasteiger partial charge in [0.05, 0.1) is 0 Å². The standard InChI is InChI=1S/C4H4ClN/c5-4-2-1-3-6-4/h2-3H,1H2. The third kappa shape index (κ3) is 0.601. The Balaban J connectivity index is 2.68. The lowest BCUT2D eigenvalue weighted by molar-refractivity contribution is 1.56. The van der Waals surface area contributed by atoms with Gasteiger partial charge in [0.2, 0.25) is 0 Å². The smallest absolute Gasteiger partial charge is 0.125 e. The molecule has 0 radical (unpaired) electrons. The molecule has 0 bridgehead atoms. The number of halogens is 1. The molecule has 0 N–H and O–H groups in total. The second-order valence-corrected chi connectivity index (χ2v) is 1.46. The largest absolute Gasteiger partial charge is 0.249 e. The third-order valence-corrected chi connectivity index (χ3v) is 0.858. The van der Waals surface area contributed by atoms with E-state index in [1.807, 2.05) is 6.08 Å². The van der Waals surface area contributed by atoms with E-state index < -0.39 is 0 Å². The summed E-state index contributed by atoms with van der Waals surface area (Å²) in [5, 5.41) is 0.620. The van der Waals surface area contributed by atoms with E-state index >= 15 is 0 Å². The molecular weight excluding hydrogens is 97.5 g/mol. The summed E-state index contributed by atoms with van der Waals surface area (Å²) in [6.45, 7) is 0. The molecule has 0 saturated heterocycles. The fourth-order valence-corrected chi connectivity index (χ4v) is 0.501. The van der Waals surface area contributed by atoms with Gasteiger partial charge in [0.15, 0.2) is 0 Å². The third-order valence-electron chi connectivity index (χ3n) is 0.606. The number of nitrogens with zero attached hydrogens (tertiary/aromatic N) is 1. The van der Waals surface area contributed by atoms with Gasteiger partial charge in [-0.3, -0.25) is 0 Å². The molecule has 0 aliphatic carbocycles. The molecule has 0 aromatic carbocycles. The fourth-order valence-electron chi connectivity index (χ4n) is 0.343. The zero-order valence-electron chi connectivity index (χ0n) is 3.19. The van der Waals surface area contributed by atoms with E-state index in [1.165, 1.54) is 0 Å². The van der Waals surface area contributed by atoms with Crippen LogP contribution in [-0.2, 0) is 0 Å². The van der Waals surface area contributed by atoms with Gasteiger partial charge in [-0.05, 0) is 6.08 Å². The molecule has 0 spiro atoms. The Labute approximate surface area is 41.3 Å². The Morgan fingerprint density at radius 3 is 2.83 bits per heavy atom. The van der Waals surface area contributed by atoms with Crippen LogP contribution in [0.4, 0.5) is 0 Å². The van der Waals surface area contributed by atoms with Gasteiger partial charge >= 0.3 is 0 Å². The topological polar surface area (TPSA) is 12.4 Å². The average molecular weight is 102 g/mol. The van der Waals surface area contributed by atoms with Crippen LogP contribution in [0.15, 0.2) is 16.2 Å². The Hall–Kier alpha value is -0.300. The van der Waals surface area contributed by atoms with Crippen molar-refractivity contribution in [3.8, 4) is 0 Å². The van der Waals surface area contributed by atoms with Crippen molar-refractivity contribution in [2.75, 3.05) is 0 Å². The first-order chi connectivity index (χ1) is 2.89. The van der Waals surface area contributed by atoms with Crippen molar-refractivity contribution in [3.05, 3.63) is 11.2 Å². The Morgan fingerprint density at radius 1 is 1.83 bits per heavy atom. The van der Waals surface area contributed by atoms with Crippen molar-refractivity contribution in [1.29, 1.82) is 0 Å². The molecule has 1 aliphatic heterocycles. The maximum atomic E-state index is 5.38. The lowest BCUT2D eigenvalue weighted by atomic mass is 10.5. The molecule has 0 unspecified atom stereocenters. The summed E-state index contributed by atoms with van der Waals surface area (Å²) < 4.78 is 0. The summed E-state index contributed by atoms with van der Waals surface area (Å²) in [7, 11) is 0. The van der Waals surface area contributed by atoms with Crippen LogP contribution in [0.2, 0.25) is 0 Å². The van der Waals surface area contributed by atoms with E-state index in [-0.39, 0.29) is 0 Å².